The molecule has 1 N–H and O–H groups in total. The summed E-state index contributed by atoms with van der Waals surface area (Å²) in [5.74, 6) is 1.60. The molecule has 1 atom stereocenters. The van der Waals surface area contributed by atoms with Crippen LogP contribution in [0.1, 0.15) is 41.1 Å². The van der Waals surface area contributed by atoms with Crippen LogP contribution < -0.4 is 5.32 Å². The third-order valence-electron chi connectivity index (χ3n) is 3.68. The van der Waals surface area contributed by atoms with Crippen molar-refractivity contribution in [2.45, 2.75) is 39.2 Å². The fourth-order valence-electron chi connectivity index (χ4n) is 2.59. The van der Waals surface area contributed by atoms with Gasteiger partial charge in [-0.2, -0.15) is 0 Å². The smallest absolute Gasteiger partial charge is 0.257 e. The van der Waals surface area contributed by atoms with Gasteiger partial charge in [0.2, 0.25) is 0 Å². The molecule has 0 bridgehead atoms. The SMILES string of the molecule is Cc1cc(C(=O)N(C)C2CCCNCC2)c(C)o1.Cl. The number of halogens is 1. The third-order valence-corrected chi connectivity index (χ3v) is 3.68. The third kappa shape index (κ3) is 3.74. The van der Waals surface area contributed by atoms with Crippen LogP contribution in [-0.4, -0.2) is 37.0 Å². The summed E-state index contributed by atoms with van der Waals surface area (Å²) in [7, 11) is 1.90. The summed E-state index contributed by atoms with van der Waals surface area (Å²) < 4.78 is 5.44. The average Bonchev–Trinajstić information content (AvgIpc) is 2.59. The molecule has 1 saturated heterocycles. The highest BCUT2D eigenvalue weighted by Crippen LogP contribution is 2.19. The van der Waals surface area contributed by atoms with Crippen LogP contribution >= 0.6 is 12.4 Å². The molecule has 1 aliphatic heterocycles. The number of aryl methyl sites for hydroxylation is 2. The summed E-state index contributed by atoms with van der Waals surface area (Å²) in [4.78, 5) is 14.3. The second kappa shape index (κ2) is 6.96. The fourth-order valence-corrected chi connectivity index (χ4v) is 2.59. The van der Waals surface area contributed by atoms with E-state index in [0.717, 1.165) is 43.9 Å². The number of carbonyl (C=O) groups excluding carboxylic acids is 1. The quantitative estimate of drug-likeness (QED) is 0.909. The maximum atomic E-state index is 12.4. The van der Waals surface area contributed by atoms with E-state index in [1.165, 1.54) is 0 Å². The Balaban J connectivity index is 0.00000180. The lowest BCUT2D eigenvalue weighted by molar-refractivity contribution is 0.0718. The molecule has 1 amide bonds. The second-order valence-corrected chi connectivity index (χ2v) is 5.08. The van der Waals surface area contributed by atoms with Gasteiger partial charge >= 0.3 is 0 Å². The van der Waals surface area contributed by atoms with Crippen LogP contribution in [-0.2, 0) is 0 Å². The van der Waals surface area contributed by atoms with E-state index in [9.17, 15) is 4.79 Å². The zero-order valence-corrected chi connectivity index (χ0v) is 12.7. The molecule has 5 heteroatoms. The number of amides is 1. The van der Waals surface area contributed by atoms with E-state index in [4.69, 9.17) is 4.42 Å². The van der Waals surface area contributed by atoms with Crippen LogP contribution in [0.15, 0.2) is 10.5 Å². The molecule has 1 unspecified atom stereocenters. The lowest BCUT2D eigenvalue weighted by Gasteiger charge is -2.26. The van der Waals surface area contributed by atoms with E-state index in [1.54, 1.807) is 0 Å². The van der Waals surface area contributed by atoms with Gasteiger partial charge in [0.05, 0.1) is 5.56 Å². The van der Waals surface area contributed by atoms with E-state index >= 15 is 0 Å². The topological polar surface area (TPSA) is 45.5 Å². The van der Waals surface area contributed by atoms with Gasteiger partial charge in [0, 0.05) is 13.1 Å². The minimum atomic E-state index is 0. The number of furan rings is 1. The fraction of sp³-hybridized carbons (Fsp3) is 0.643. The van der Waals surface area contributed by atoms with E-state index in [2.05, 4.69) is 5.32 Å². The van der Waals surface area contributed by atoms with Gasteiger partial charge in [-0.15, -0.1) is 12.4 Å². The number of carbonyl (C=O) groups is 1. The van der Waals surface area contributed by atoms with Crippen molar-refractivity contribution in [1.82, 2.24) is 10.2 Å². The molecule has 19 heavy (non-hydrogen) atoms. The molecular weight excluding hydrogens is 264 g/mol. The van der Waals surface area contributed by atoms with Crippen LogP contribution in [0.2, 0.25) is 0 Å². The molecule has 0 saturated carbocycles. The lowest BCUT2D eigenvalue weighted by Crippen LogP contribution is -2.37. The molecular formula is C14H23ClN2O2. The van der Waals surface area contributed by atoms with Crippen LogP contribution in [0, 0.1) is 13.8 Å². The Hall–Kier alpha value is -1.000. The standard InChI is InChI=1S/C14H22N2O2.ClH/c1-10-9-13(11(2)18-10)14(17)16(3)12-5-4-7-15-8-6-12;/h9,12,15H,4-8H2,1-3H3;1H. The summed E-state index contributed by atoms with van der Waals surface area (Å²) >= 11 is 0. The zero-order valence-electron chi connectivity index (χ0n) is 11.9. The largest absolute Gasteiger partial charge is 0.466 e. The van der Waals surface area contributed by atoms with Gasteiger partial charge in [-0.25, -0.2) is 0 Å². The minimum absolute atomic E-state index is 0. The van der Waals surface area contributed by atoms with Crippen molar-refractivity contribution in [3.05, 3.63) is 23.2 Å². The Morgan fingerprint density at radius 2 is 2.11 bits per heavy atom. The van der Waals surface area contributed by atoms with Gasteiger partial charge in [-0.05, 0) is 52.3 Å². The van der Waals surface area contributed by atoms with Crippen LogP contribution in [0.4, 0.5) is 0 Å². The Morgan fingerprint density at radius 1 is 1.37 bits per heavy atom. The van der Waals surface area contributed by atoms with Gasteiger partial charge < -0.3 is 14.6 Å². The molecule has 1 fully saturated rings. The Labute approximate surface area is 120 Å². The van der Waals surface area contributed by atoms with Crippen molar-refractivity contribution >= 4 is 18.3 Å². The van der Waals surface area contributed by atoms with Gasteiger partial charge in [-0.1, -0.05) is 0 Å². The van der Waals surface area contributed by atoms with Crippen LogP contribution in [0.25, 0.3) is 0 Å². The number of hydrogen-bond acceptors (Lipinski definition) is 3. The molecule has 0 radical (unpaired) electrons. The molecule has 0 aromatic carbocycles. The van der Waals surface area contributed by atoms with Crippen molar-refractivity contribution in [1.29, 1.82) is 0 Å². The Kier molecular flexibility index (Phi) is 5.88. The highest BCUT2D eigenvalue weighted by atomic mass is 35.5. The van der Waals surface area contributed by atoms with Crippen molar-refractivity contribution in [3.8, 4) is 0 Å². The molecule has 0 aliphatic carbocycles. The summed E-state index contributed by atoms with van der Waals surface area (Å²) in [6.45, 7) is 5.77. The van der Waals surface area contributed by atoms with E-state index in [1.807, 2.05) is 31.9 Å². The van der Waals surface area contributed by atoms with Crippen molar-refractivity contribution in [2.75, 3.05) is 20.1 Å². The summed E-state index contributed by atoms with van der Waals surface area (Å²) in [6.07, 6.45) is 3.23. The molecule has 2 rings (SSSR count). The van der Waals surface area contributed by atoms with E-state index in [0.29, 0.717) is 11.6 Å². The second-order valence-electron chi connectivity index (χ2n) is 5.08. The molecule has 0 spiro atoms. The predicted octanol–water partition coefficient (Wildman–Crippen LogP) is 2.53. The van der Waals surface area contributed by atoms with Crippen molar-refractivity contribution in [3.63, 3.8) is 0 Å². The average molecular weight is 287 g/mol. The van der Waals surface area contributed by atoms with E-state index in [-0.39, 0.29) is 18.3 Å². The number of hydrogen-bond donors (Lipinski definition) is 1. The Morgan fingerprint density at radius 3 is 2.74 bits per heavy atom. The van der Waals surface area contributed by atoms with Gasteiger partial charge in [0.25, 0.3) is 5.91 Å². The molecule has 1 aliphatic rings. The van der Waals surface area contributed by atoms with Crippen molar-refractivity contribution < 1.29 is 9.21 Å². The van der Waals surface area contributed by atoms with Gasteiger partial charge in [0.1, 0.15) is 11.5 Å². The van der Waals surface area contributed by atoms with Gasteiger partial charge in [-0.3, -0.25) is 4.79 Å². The first-order valence-electron chi connectivity index (χ1n) is 6.64. The normalized spacial score (nSPS) is 19.4. The molecule has 4 nitrogen and oxygen atoms in total. The first-order valence-corrected chi connectivity index (χ1v) is 6.64. The maximum Gasteiger partial charge on any atom is 0.257 e. The number of rotatable bonds is 2. The lowest BCUT2D eigenvalue weighted by atomic mass is 10.1. The summed E-state index contributed by atoms with van der Waals surface area (Å²) in [6, 6.07) is 2.17. The first-order chi connectivity index (χ1) is 8.59. The molecule has 2 heterocycles. The first kappa shape index (κ1) is 16.1. The zero-order chi connectivity index (χ0) is 13.1. The highest BCUT2D eigenvalue weighted by molar-refractivity contribution is 5.95. The highest BCUT2D eigenvalue weighted by Gasteiger charge is 2.24. The Bertz CT molecular complexity index is 423. The predicted molar refractivity (Wildman–Crippen MR) is 78.0 cm³/mol. The van der Waals surface area contributed by atoms with Gasteiger partial charge in [0.15, 0.2) is 0 Å². The number of nitrogens with one attached hydrogen (secondary N) is 1. The summed E-state index contributed by atoms with van der Waals surface area (Å²) in [5.41, 5.74) is 0.701. The molecule has 108 valence electrons. The molecule has 1 aromatic rings. The summed E-state index contributed by atoms with van der Waals surface area (Å²) in [5, 5.41) is 3.37. The monoisotopic (exact) mass is 286 g/mol. The van der Waals surface area contributed by atoms with E-state index < -0.39 is 0 Å². The maximum absolute atomic E-state index is 12.4. The molecule has 1 aromatic heterocycles. The number of nitrogens with zero attached hydrogens (tertiary/aromatic N) is 1. The minimum Gasteiger partial charge on any atom is -0.466 e. The van der Waals surface area contributed by atoms with Crippen LogP contribution in [0.5, 0.6) is 0 Å². The van der Waals surface area contributed by atoms with Crippen LogP contribution in [0.3, 0.4) is 0 Å². The van der Waals surface area contributed by atoms with Crippen molar-refractivity contribution in [2.24, 2.45) is 0 Å².